The number of pyridine rings is 2. The van der Waals surface area contributed by atoms with E-state index in [4.69, 9.17) is 10.0 Å². The smallest absolute Gasteiger partial charge is 0.422 e. The van der Waals surface area contributed by atoms with E-state index in [-0.39, 0.29) is 5.59 Å². The summed E-state index contributed by atoms with van der Waals surface area (Å²) in [6.45, 7) is 0. The molecule has 0 aliphatic rings. The highest BCUT2D eigenvalue weighted by Gasteiger charge is 2.15. The fraction of sp³-hybridized carbons (Fsp3) is 0. The van der Waals surface area contributed by atoms with E-state index in [0.29, 0.717) is 5.39 Å². The first-order valence-electron chi connectivity index (χ1n) is 3.84. The Bertz CT molecular complexity index is 428. The summed E-state index contributed by atoms with van der Waals surface area (Å²) < 4.78 is 0. The lowest BCUT2D eigenvalue weighted by Crippen LogP contribution is -2.33. The van der Waals surface area contributed by atoms with Crippen LogP contribution in [0.15, 0.2) is 30.7 Å². The molecule has 0 saturated carbocycles. The van der Waals surface area contributed by atoms with Crippen LogP contribution in [0.1, 0.15) is 0 Å². The minimum absolute atomic E-state index is 0.241. The van der Waals surface area contributed by atoms with Crippen molar-refractivity contribution in [1.29, 1.82) is 0 Å². The summed E-state index contributed by atoms with van der Waals surface area (Å²) in [6.07, 6.45) is 4.75. The van der Waals surface area contributed by atoms with Gasteiger partial charge in [0.1, 0.15) is 0 Å². The fourth-order valence-electron chi connectivity index (χ4n) is 1.24. The molecule has 0 bridgehead atoms. The molecule has 0 atom stereocenters. The van der Waals surface area contributed by atoms with Gasteiger partial charge in [-0.2, -0.15) is 0 Å². The first-order chi connectivity index (χ1) is 6.29. The molecule has 2 N–H and O–H groups in total. The van der Waals surface area contributed by atoms with Gasteiger partial charge in [0.2, 0.25) is 0 Å². The van der Waals surface area contributed by atoms with Crippen molar-refractivity contribution < 1.29 is 10.0 Å². The predicted molar refractivity (Wildman–Crippen MR) is 49.4 cm³/mol. The number of fused-ring (bicyclic) bond motifs is 1. The van der Waals surface area contributed by atoms with E-state index >= 15 is 0 Å². The molecule has 2 aromatic rings. The van der Waals surface area contributed by atoms with Crippen LogP contribution in [0.2, 0.25) is 0 Å². The van der Waals surface area contributed by atoms with Gasteiger partial charge in [0.15, 0.2) is 0 Å². The van der Waals surface area contributed by atoms with E-state index in [1.54, 1.807) is 24.5 Å². The Labute approximate surface area is 75.0 Å². The first-order valence-corrected chi connectivity index (χ1v) is 3.84. The first kappa shape index (κ1) is 8.16. The molecule has 0 spiro atoms. The summed E-state index contributed by atoms with van der Waals surface area (Å²) in [4.78, 5) is 7.76. The Balaban J connectivity index is 2.76. The van der Waals surface area contributed by atoms with Gasteiger partial charge in [-0.25, -0.2) is 0 Å². The maximum absolute atomic E-state index is 8.99. The molecule has 0 aliphatic carbocycles. The molecular weight excluding hydrogens is 167 g/mol. The van der Waals surface area contributed by atoms with Crippen molar-refractivity contribution in [3.05, 3.63) is 30.7 Å². The number of aromatic nitrogens is 2. The van der Waals surface area contributed by atoms with Crippen molar-refractivity contribution in [2.24, 2.45) is 0 Å². The third-order valence-electron chi connectivity index (χ3n) is 1.84. The van der Waals surface area contributed by atoms with Gasteiger partial charge < -0.3 is 10.0 Å². The van der Waals surface area contributed by atoms with E-state index in [1.807, 2.05) is 0 Å². The normalized spacial score (nSPS) is 10.3. The molecule has 0 aliphatic heterocycles. The second-order valence-corrected chi connectivity index (χ2v) is 2.67. The van der Waals surface area contributed by atoms with Crippen molar-refractivity contribution in [2.45, 2.75) is 0 Å². The Kier molecular flexibility index (Phi) is 1.96. The topological polar surface area (TPSA) is 66.2 Å². The molecule has 0 fully saturated rings. The lowest BCUT2D eigenvalue weighted by molar-refractivity contribution is 0.424. The highest BCUT2D eigenvalue weighted by Crippen LogP contribution is 2.07. The zero-order chi connectivity index (χ0) is 9.26. The van der Waals surface area contributed by atoms with Gasteiger partial charge in [-0.1, -0.05) is 0 Å². The molecule has 0 radical (unpaired) electrons. The van der Waals surface area contributed by atoms with Crippen LogP contribution in [0.4, 0.5) is 0 Å². The van der Waals surface area contributed by atoms with Gasteiger partial charge in [0.25, 0.3) is 0 Å². The van der Waals surface area contributed by atoms with Crippen LogP contribution >= 0.6 is 0 Å². The van der Waals surface area contributed by atoms with Gasteiger partial charge in [0.05, 0.1) is 5.59 Å². The molecule has 13 heavy (non-hydrogen) atoms. The number of nitrogens with zero attached hydrogens (tertiary/aromatic N) is 2. The molecule has 2 heterocycles. The third-order valence-corrected chi connectivity index (χ3v) is 1.84. The van der Waals surface area contributed by atoms with Gasteiger partial charge in [-0.15, -0.1) is 0 Å². The second-order valence-electron chi connectivity index (χ2n) is 2.67. The summed E-state index contributed by atoms with van der Waals surface area (Å²) in [5, 5.41) is 19.5. The highest BCUT2D eigenvalue weighted by molar-refractivity contribution is 6.60. The third kappa shape index (κ3) is 1.39. The molecule has 0 saturated heterocycles. The van der Waals surface area contributed by atoms with Crippen molar-refractivity contribution in [1.82, 2.24) is 9.97 Å². The number of hydrogen-bond donors (Lipinski definition) is 2. The van der Waals surface area contributed by atoms with Crippen LogP contribution in [-0.4, -0.2) is 27.1 Å². The molecule has 0 unspecified atom stereocenters. The van der Waals surface area contributed by atoms with Crippen molar-refractivity contribution in [3.63, 3.8) is 0 Å². The second kappa shape index (κ2) is 3.12. The average molecular weight is 174 g/mol. The quantitative estimate of drug-likeness (QED) is 0.561. The van der Waals surface area contributed by atoms with Crippen LogP contribution in [-0.2, 0) is 0 Å². The molecule has 2 aromatic heterocycles. The SMILES string of the molecule is OB(O)c1nccc2ccncc12. The summed E-state index contributed by atoms with van der Waals surface area (Å²) in [7, 11) is -1.55. The molecule has 0 aromatic carbocycles. The molecule has 2 rings (SSSR count). The molecule has 4 nitrogen and oxygen atoms in total. The van der Waals surface area contributed by atoms with Gasteiger partial charge in [-0.05, 0) is 17.5 Å². The zero-order valence-corrected chi connectivity index (χ0v) is 6.75. The van der Waals surface area contributed by atoms with Gasteiger partial charge in [-0.3, -0.25) is 9.97 Å². The van der Waals surface area contributed by atoms with Gasteiger partial charge in [0, 0.05) is 24.0 Å². The van der Waals surface area contributed by atoms with E-state index < -0.39 is 7.12 Å². The van der Waals surface area contributed by atoms with Crippen molar-refractivity contribution in [3.8, 4) is 0 Å². The summed E-state index contributed by atoms with van der Waals surface area (Å²) in [5.74, 6) is 0. The standard InChI is InChI=1S/C8H7BN2O2/c12-9(13)8-7-5-10-3-1-6(7)2-4-11-8/h1-5,12-13H. The van der Waals surface area contributed by atoms with Crippen LogP contribution in [0, 0.1) is 0 Å². The Morgan fingerprint density at radius 1 is 1.15 bits per heavy atom. The summed E-state index contributed by atoms with van der Waals surface area (Å²) in [5.41, 5.74) is 0.241. The van der Waals surface area contributed by atoms with Crippen LogP contribution in [0.5, 0.6) is 0 Å². The van der Waals surface area contributed by atoms with E-state index in [1.165, 1.54) is 6.20 Å². The summed E-state index contributed by atoms with van der Waals surface area (Å²) >= 11 is 0. The minimum atomic E-state index is -1.55. The predicted octanol–water partition coefficient (Wildman–Crippen LogP) is -0.690. The molecular formula is C8H7BN2O2. The minimum Gasteiger partial charge on any atom is -0.422 e. The van der Waals surface area contributed by atoms with Crippen molar-refractivity contribution >= 4 is 23.5 Å². The largest absolute Gasteiger partial charge is 0.508 e. The van der Waals surface area contributed by atoms with Crippen LogP contribution < -0.4 is 5.59 Å². The Morgan fingerprint density at radius 2 is 1.92 bits per heavy atom. The molecule has 64 valence electrons. The molecule has 0 amide bonds. The summed E-state index contributed by atoms with van der Waals surface area (Å²) in [6, 6.07) is 3.59. The Hall–Kier alpha value is -1.46. The maximum atomic E-state index is 8.99. The zero-order valence-electron chi connectivity index (χ0n) is 6.75. The fourth-order valence-corrected chi connectivity index (χ4v) is 1.24. The average Bonchev–Trinajstić information content (AvgIpc) is 2.17. The van der Waals surface area contributed by atoms with Crippen molar-refractivity contribution in [2.75, 3.05) is 0 Å². The lowest BCUT2D eigenvalue weighted by Gasteiger charge is -2.02. The highest BCUT2D eigenvalue weighted by atomic mass is 16.4. The van der Waals surface area contributed by atoms with E-state index in [0.717, 1.165) is 5.39 Å². The van der Waals surface area contributed by atoms with Crippen LogP contribution in [0.3, 0.4) is 0 Å². The van der Waals surface area contributed by atoms with E-state index in [9.17, 15) is 0 Å². The number of hydrogen-bond acceptors (Lipinski definition) is 4. The Morgan fingerprint density at radius 3 is 2.69 bits per heavy atom. The number of rotatable bonds is 1. The van der Waals surface area contributed by atoms with Gasteiger partial charge >= 0.3 is 7.12 Å². The van der Waals surface area contributed by atoms with Crippen LogP contribution in [0.25, 0.3) is 10.8 Å². The molecule has 5 heteroatoms. The lowest BCUT2D eigenvalue weighted by atomic mass is 9.83. The monoisotopic (exact) mass is 174 g/mol. The maximum Gasteiger partial charge on any atom is 0.508 e. The van der Waals surface area contributed by atoms with E-state index in [2.05, 4.69) is 9.97 Å².